The van der Waals surface area contributed by atoms with Crippen LogP contribution in [0.4, 0.5) is 5.69 Å². The number of carbonyl (C=O) groups is 1. The van der Waals surface area contributed by atoms with Crippen molar-refractivity contribution in [2.24, 2.45) is 0 Å². The first-order valence-corrected chi connectivity index (χ1v) is 5.56. The molecule has 0 radical (unpaired) electrons. The molecule has 0 spiro atoms. The number of benzene rings is 1. The minimum Gasteiger partial charge on any atom is -0.465 e. The molecule has 0 saturated heterocycles. The van der Waals surface area contributed by atoms with Crippen molar-refractivity contribution < 1.29 is 19.2 Å². The smallest absolute Gasteiger partial charge is 0.341 e. The monoisotopic (exact) mass is 274 g/mol. The standard InChI is InChI=1S/C13H10N2O5/c1-19-13(16)11-7-9(15(17)18)4-5-12(11)20-10-3-2-6-14-8-10/h2-8H,1H3. The molecule has 0 aliphatic rings. The molecule has 0 aliphatic heterocycles. The molecule has 0 atom stereocenters. The van der Waals surface area contributed by atoms with Gasteiger partial charge in [0.2, 0.25) is 0 Å². The van der Waals surface area contributed by atoms with Gasteiger partial charge in [0.1, 0.15) is 17.1 Å². The maximum Gasteiger partial charge on any atom is 0.341 e. The zero-order valence-electron chi connectivity index (χ0n) is 10.5. The van der Waals surface area contributed by atoms with E-state index in [2.05, 4.69) is 9.72 Å². The summed E-state index contributed by atoms with van der Waals surface area (Å²) >= 11 is 0. The molecule has 0 bridgehead atoms. The number of hydrogen-bond donors (Lipinski definition) is 0. The Balaban J connectivity index is 2.41. The van der Waals surface area contributed by atoms with Gasteiger partial charge in [0.25, 0.3) is 5.69 Å². The number of nitro groups is 1. The summed E-state index contributed by atoms with van der Waals surface area (Å²) in [4.78, 5) is 25.7. The van der Waals surface area contributed by atoms with E-state index in [1.54, 1.807) is 18.3 Å². The van der Waals surface area contributed by atoms with Gasteiger partial charge >= 0.3 is 5.97 Å². The number of nitrogens with zero attached hydrogens (tertiary/aromatic N) is 2. The Hall–Kier alpha value is -2.96. The predicted octanol–water partition coefficient (Wildman–Crippen LogP) is 2.57. The van der Waals surface area contributed by atoms with Gasteiger partial charge < -0.3 is 9.47 Å². The van der Waals surface area contributed by atoms with Crippen molar-refractivity contribution in [2.75, 3.05) is 7.11 Å². The van der Waals surface area contributed by atoms with Crippen LogP contribution in [0.15, 0.2) is 42.7 Å². The minimum absolute atomic E-state index is 0.0226. The number of non-ortho nitro benzene ring substituents is 1. The molecule has 7 nitrogen and oxygen atoms in total. The van der Waals surface area contributed by atoms with E-state index >= 15 is 0 Å². The molecular formula is C13H10N2O5. The Morgan fingerprint density at radius 1 is 1.35 bits per heavy atom. The zero-order chi connectivity index (χ0) is 14.5. The molecule has 20 heavy (non-hydrogen) atoms. The largest absolute Gasteiger partial charge is 0.465 e. The van der Waals surface area contributed by atoms with Crippen LogP contribution in [0, 0.1) is 10.1 Å². The molecule has 0 fully saturated rings. The number of aromatic nitrogens is 1. The summed E-state index contributed by atoms with van der Waals surface area (Å²) in [5, 5.41) is 10.7. The highest BCUT2D eigenvalue weighted by atomic mass is 16.6. The highest BCUT2D eigenvalue weighted by Gasteiger charge is 2.18. The highest BCUT2D eigenvalue weighted by molar-refractivity contribution is 5.93. The van der Waals surface area contributed by atoms with E-state index in [4.69, 9.17) is 4.74 Å². The molecule has 0 amide bonds. The summed E-state index contributed by atoms with van der Waals surface area (Å²) in [7, 11) is 1.19. The second kappa shape index (κ2) is 5.79. The average Bonchev–Trinajstić information content (AvgIpc) is 2.47. The summed E-state index contributed by atoms with van der Waals surface area (Å²) < 4.78 is 10.1. The van der Waals surface area contributed by atoms with Crippen molar-refractivity contribution >= 4 is 11.7 Å². The summed E-state index contributed by atoms with van der Waals surface area (Å²) in [5.41, 5.74) is -0.241. The van der Waals surface area contributed by atoms with Crippen LogP contribution in [-0.2, 0) is 4.74 Å². The van der Waals surface area contributed by atoms with Crippen molar-refractivity contribution in [3.8, 4) is 11.5 Å². The molecule has 0 N–H and O–H groups in total. The van der Waals surface area contributed by atoms with E-state index in [1.807, 2.05) is 0 Å². The lowest BCUT2D eigenvalue weighted by Gasteiger charge is -2.09. The molecule has 2 aromatic rings. The van der Waals surface area contributed by atoms with E-state index in [1.165, 1.54) is 25.4 Å². The van der Waals surface area contributed by atoms with Gasteiger partial charge in [-0.1, -0.05) is 0 Å². The molecule has 102 valence electrons. The van der Waals surface area contributed by atoms with Crippen molar-refractivity contribution in [3.05, 3.63) is 58.4 Å². The lowest BCUT2D eigenvalue weighted by molar-refractivity contribution is -0.384. The summed E-state index contributed by atoms with van der Waals surface area (Å²) in [5.74, 6) is -0.144. The Bertz CT molecular complexity index is 642. The fourth-order valence-electron chi connectivity index (χ4n) is 1.52. The first-order chi connectivity index (χ1) is 9.61. The van der Waals surface area contributed by atoms with Gasteiger partial charge in [-0.3, -0.25) is 15.1 Å². The van der Waals surface area contributed by atoms with Gasteiger partial charge in [0, 0.05) is 18.3 Å². The molecule has 0 saturated carbocycles. The maximum atomic E-state index is 11.7. The van der Waals surface area contributed by atoms with Crippen molar-refractivity contribution in [2.45, 2.75) is 0 Å². The van der Waals surface area contributed by atoms with Crippen LogP contribution in [0.1, 0.15) is 10.4 Å². The van der Waals surface area contributed by atoms with Crippen LogP contribution in [-0.4, -0.2) is 23.0 Å². The molecule has 1 aromatic heterocycles. The quantitative estimate of drug-likeness (QED) is 0.483. The zero-order valence-corrected chi connectivity index (χ0v) is 10.5. The van der Waals surface area contributed by atoms with Crippen LogP contribution in [0.5, 0.6) is 11.5 Å². The number of methoxy groups -OCH3 is 1. The number of carbonyl (C=O) groups excluding carboxylic acids is 1. The number of pyridine rings is 1. The van der Waals surface area contributed by atoms with Crippen molar-refractivity contribution in [1.29, 1.82) is 0 Å². The molecule has 1 heterocycles. The minimum atomic E-state index is -0.715. The van der Waals surface area contributed by atoms with Gasteiger partial charge in [-0.2, -0.15) is 0 Å². The second-order valence-electron chi connectivity index (χ2n) is 3.72. The van der Waals surface area contributed by atoms with Gasteiger partial charge in [-0.05, 0) is 18.2 Å². The molecule has 7 heteroatoms. The number of rotatable bonds is 4. The predicted molar refractivity (Wildman–Crippen MR) is 68.7 cm³/mol. The normalized spacial score (nSPS) is 9.85. The molecule has 0 aliphatic carbocycles. The number of nitro benzene ring substituents is 1. The van der Waals surface area contributed by atoms with E-state index in [-0.39, 0.29) is 17.0 Å². The number of esters is 1. The fraction of sp³-hybridized carbons (Fsp3) is 0.0769. The third-order valence-corrected chi connectivity index (χ3v) is 2.44. The Morgan fingerprint density at radius 2 is 2.15 bits per heavy atom. The Kier molecular flexibility index (Phi) is 3.90. The van der Waals surface area contributed by atoms with Crippen LogP contribution in [0.2, 0.25) is 0 Å². The van der Waals surface area contributed by atoms with Crippen LogP contribution in [0.25, 0.3) is 0 Å². The lowest BCUT2D eigenvalue weighted by Crippen LogP contribution is -2.04. The average molecular weight is 274 g/mol. The Morgan fingerprint density at radius 3 is 2.75 bits per heavy atom. The highest BCUT2D eigenvalue weighted by Crippen LogP contribution is 2.28. The summed E-state index contributed by atoms with van der Waals surface area (Å²) in [6.07, 6.45) is 3.03. The summed E-state index contributed by atoms with van der Waals surface area (Å²) in [6, 6.07) is 7.01. The van der Waals surface area contributed by atoms with Gasteiger partial charge in [0.05, 0.1) is 18.2 Å². The number of ether oxygens (including phenoxy) is 2. The van der Waals surface area contributed by atoms with Gasteiger partial charge in [-0.15, -0.1) is 0 Å². The number of hydrogen-bond acceptors (Lipinski definition) is 6. The SMILES string of the molecule is COC(=O)c1cc([N+](=O)[O-])ccc1Oc1cccnc1. The van der Waals surface area contributed by atoms with E-state index in [0.29, 0.717) is 5.75 Å². The second-order valence-corrected chi connectivity index (χ2v) is 3.72. The molecule has 0 unspecified atom stereocenters. The molecular weight excluding hydrogens is 264 g/mol. The van der Waals surface area contributed by atoms with Crippen LogP contribution in [0.3, 0.4) is 0 Å². The topological polar surface area (TPSA) is 91.6 Å². The first-order valence-electron chi connectivity index (χ1n) is 5.56. The van der Waals surface area contributed by atoms with Gasteiger partial charge in [-0.25, -0.2) is 4.79 Å². The third kappa shape index (κ3) is 2.89. The maximum absolute atomic E-state index is 11.7. The van der Waals surface area contributed by atoms with Crippen LogP contribution >= 0.6 is 0 Å². The first kappa shape index (κ1) is 13.5. The van der Waals surface area contributed by atoms with Gasteiger partial charge in [0.15, 0.2) is 0 Å². The van der Waals surface area contributed by atoms with Crippen molar-refractivity contribution in [1.82, 2.24) is 4.98 Å². The van der Waals surface area contributed by atoms with E-state index in [9.17, 15) is 14.9 Å². The van der Waals surface area contributed by atoms with Crippen LogP contribution < -0.4 is 4.74 Å². The van der Waals surface area contributed by atoms with E-state index < -0.39 is 10.9 Å². The fourth-order valence-corrected chi connectivity index (χ4v) is 1.52. The van der Waals surface area contributed by atoms with E-state index in [0.717, 1.165) is 6.07 Å². The van der Waals surface area contributed by atoms with Crippen molar-refractivity contribution in [3.63, 3.8) is 0 Å². The lowest BCUT2D eigenvalue weighted by atomic mass is 10.2. The Labute approximate surface area is 113 Å². The molecule has 2 rings (SSSR count). The summed E-state index contributed by atoms with van der Waals surface area (Å²) in [6.45, 7) is 0. The third-order valence-electron chi connectivity index (χ3n) is 2.44. The molecule has 1 aromatic carbocycles.